The number of aliphatic carboxylic acids is 1. The highest BCUT2D eigenvalue weighted by atomic mass is 32.1. The van der Waals surface area contributed by atoms with Crippen LogP contribution in [-0.2, 0) is 9.53 Å². The molecule has 0 aromatic carbocycles. The van der Waals surface area contributed by atoms with Gasteiger partial charge in [-0.05, 0) is 27.7 Å². The normalized spacial score (nSPS) is 12.9. The molecule has 0 saturated carbocycles. The Balaban J connectivity index is 2.76. The second kappa shape index (κ2) is 5.34. The Morgan fingerprint density at radius 2 is 2.11 bits per heavy atom. The summed E-state index contributed by atoms with van der Waals surface area (Å²) in [6.45, 7) is 6.87. The van der Waals surface area contributed by atoms with Crippen LogP contribution in [0.3, 0.4) is 0 Å². The van der Waals surface area contributed by atoms with Gasteiger partial charge in [-0.3, -0.25) is 0 Å². The minimum absolute atomic E-state index is 0.325. The maximum Gasteiger partial charge on any atom is 0.408 e. The third kappa shape index (κ3) is 4.33. The molecule has 0 spiro atoms. The van der Waals surface area contributed by atoms with Crippen LogP contribution in [0.1, 0.15) is 37.5 Å². The Bertz CT molecular complexity index is 450. The van der Waals surface area contributed by atoms with Crippen LogP contribution in [-0.4, -0.2) is 27.8 Å². The van der Waals surface area contributed by atoms with Crippen molar-refractivity contribution in [3.8, 4) is 0 Å². The van der Waals surface area contributed by atoms with Crippen LogP contribution in [0, 0.1) is 6.92 Å². The number of aromatic nitrogens is 1. The zero-order chi connectivity index (χ0) is 13.9. The van der Waals surface area contributed by atoms with Crippen molar-refractivity contribution in [2.75, 3.05) is 0 Å². The number of alkyl carbamates (subject to hydrolysis) is 1. The molecule has 0 radical (unpaired) electrons. The lowest BCUT2D eigenvalue weighted by molar-refractivity contribution is -0.139. The van der Waals surface area contributed by atoms with E-state index in [4.69, 9.17) is 9.84 Å². The standard InChI is InChI=1S/C11H16N2O4S/c1-6-5-18-8(12-6)7(9(14)15)13-10(16)17-11(2,3)4/h5,7H,1-4H3,(H,13,16)(H,14,15). The average molecular weight is 272 g/mol. The van der Waals surface area contributed by atoms with Crippen molar-refractivity contribution in [3.05, 3.63) is 16.1 Å². The van der Waals surface area contributed by atoms with Gasteiger partial charge in [0.1, 0.15) is 10.6 Å². The number of nitrogens with one attached hydrogen (secondary N) is 1. The average Bonchev–Trinajstić information content (AvgIpc) is 2.57. The number of thiazole rings is 1. The van der Waals surface area contributed by atoms with Crippen LogP contribution in [0.4, 0.5) is 4.79 Å². The van der Waals surface area contributed by atoms with Gasteiger partial charge in [0, 0.05) is 11.1 Å². The molecule has 0 saturated heterocycles. The minimum Gasteiger partial charge on any atom is -0.479 e. The number of amides is 1. The summed E-state index contributed by atoms with van der Waals surface area (Å²) in [5.74, 6) is -1.17. The monoisotopic (exact) mass is 272 g/mol. The fourth-order valence-electron chi connectivity index (χ4n) is 1.16. The maximum absolute atomic E-state index is 11.5. The first-order valence-electron chi connectivity index (χ1n) is 5.33. The number of ether oxygens (including phenoxy) is 1. The molecule has 0 aliphatic rings. The molecule has 6 nitrogen and oxygen atoms in total. The predicted molar refractivity (Wildman–Crippen MR) is 66.6 cm³/mol. The molecular weight excluding hydrogens is 256 g/mol. The van der Waals surface area contributed by atoms with Crippen molar-refractivity contribution >= 4 is 23.4 Å². The summed E-state index contributed by atoms with van der Waals surface area (Å²) in [5, 5.41) is 13.4. The van der Waals surface area contributed by atoms with Gasteiger partial charge in [-0.2, -0.15) is 0 Å². The van der Waals surface area contributed by atoms with Crippen molar-refractivity contribution in [2.24, 2.45) is 0 Å². The summed E-state index contributed by atoms with van der Waals surface area (Å²) in [6.07, 6.45) is -0.775. The molecule has 1 rings (SSSR count). The van der Waals surface area contributed by atoms with Gasteiger partial charge >= 0.3 is 12.1 Å². The van der Waals surface area contributed by atoms with Crippen LogP contribution in [0.5, 0.6) is 0 Å². The van der Waals surface area contributed by atoms with Gasteiger partial charge < -0.3 is 15.2 Å². The Kier molecular flexibility index (Phi) is 4.28. The first-order valence-corrected chi connectivity index (χ1v) is 6.21. The Labute approximate surface area is 109 Å². The predicted octanol–water partition coefficient (Wildman–Crippen LogP) is 2.10. The van der Waals surface area contributed by atoms with E-state index in [-0.39, 0.29) is 0 Å². The summed E-state index contributed by atoms with van der Waals surface area (Å²) in [7, 11) is 0. The molecule has 0 fully saturated rings. The van der Waals surface area contributed by atoms with E-state index in [0.717, 1.165) is 0 Å². The fraction of sp³-hybridized carbons (Fsp3) is 0.545. The number of hydrogen-bond acceptors (Lipinski definition) is 5. The zero-order valence-electron chi connectivity index (χ0n) is 10.7. The van der Waals surface area contributed by atoms with Crippen LogP contribution in [0.25, 0.3) is 0 Å². The van der Waals surface area contributed by atoms with Crippen molar-refractivity contribution < 1.29 is 19.4 Å². The molecule has 18 heavy (non-hydrogen) atoms. The van der Waals surface area contributed by atoms with Gasteiger partial charge in [-0.25, -0.2) is 14.6 Å². The molecule has 0 aliphatic heterocycles. The van der Waals surface area contributed by atoms with E-state index in [0.29, 0.717) is 10.7 Å². The number of carboxylic acids is 1. The molecule has 1 aromatic heterocycles. The highest BCUT2D eigenvalue weighted by Crippen LogP contribution is 2.19. The van der Waals surface area contributed by atoms with Gasteiger partial charge in [-0.15, -0.1) is 11.3 Å². The summed E-state index contributed by atoms with van der Waals surface area (Å²) in [4.78, 5) is 26.7. The summed E-state index contributed by atoms with van der Waals surface area (Å²) >= 11 is 1.18. The molecule has 0 aliphatic carbocycles. The number of hydrogen-bond donors (Lipinski definition) is 2. The van der Waals surface area contributed by atoms with Gasteiger partial charge in [0.05, 0.1) is 0 Å². The third-order valence-corrected chi connectivity index (χ3v) is 2.82. The van der Waals surface area contributed by atoms with Crippen LogP contribution >= 0.6 is 11.3 Å². The lowest BCUT2D eigenvalue weighted by atomic mass is 10.2. The Morgan fingerprint density at radius 3 is 2.50 bits per heavy atom. The first-order chi connectivity index (χ1) is 8.19. The van der Waals surface area contributed by atoms with Gasteiger partial charge in [0.15, 0.2) is 6.04 Å². The van der Waals surface area contributed by atoms with Crippen LogP contribution in [0.15, 0.2) is 5.38 Å². The fourth-order valence-corrected chi connectivity index (χ4v) is 2.00. The molecule has 1 unspecified atom stereocenters. The number of carbonyl (C=O) groups is 2. The van der Waals surface area contributed by atoms with E-state index in [9.17, 15) is 9.59 Å². The lowest BCUT2D eigenvalue weighted by Gasteiger charge is -2.21. The first kappa shape index (κ1) is 14.4. The number of nitrogens with zero attached hydrogens (tertiary/aromatic N) is 1. The Hall–Kier alpha value is -1.63. The van der Waals surface area contributed by atoms with Crippen molar-refractivity contribution in [3.63, 3.8) is 0 Å². The van der Waals surface area contributed by atoms with Crippen molar-refractivity contribution in [1.29, 1.82) is 0 Å². The summed E-state index contributed by atoms with van der Waals surface area (Å²) in [5.41, 5.74) is 0.0404. The van der Waals surface area contributed by atoms with Gasteiger partial charge in [0.2, 0.25) is 0 Å². The molecule has 100 valence electrons. The van der Waals surface area contributed by atoms with E-state index < -0.39 is 23.7 Å². The van der Waals surface area contributed by atoms with Crippen molar-refractivity contribution in [2.45, 2.75) is 39.3 Å². The van der Waals surface area contributed by atoms with E-state index in [1.54, 1.807) is 33.1 Å². The molecule has 1 heterocycles. The van der Waals surface area contributed by atoms with E-state index in [1.807, 2.05) is 0 Å². The second-order valence-electron chi connectivity index (χ2n) is 4.74. The molecule has 1 amide bonds. The van der Waals surface area contributed by atoms with Gasteiger partial charge in [0.25, 0.3) is 0 Å². The third-order valence-electron chi connectivity index (χ3n) is 1.79. The SMILES string of the molecule is Cc1csc(C(NC(=O)OC(C)(C)C)C(=O)O)n1. The number of carboxylic acid groups (broad SMARTS) is 1. The lowest BCUT2D eigenvalue weighted by Crippen LogP contribution is -2.38. The topological polar surface area (TPSA) is 88.5 Å². The zero-order valence-corrected chi connectivity index (χ0v) is 11.5. The molecule has 7 heteroatoms. The molecular formula is C11H16N2O4S. The van der Waals surface area contributed by atoms with E-state index >= 15 is 0 Å². The maximum atomic E-state index is 11.5. The van der Waals surface area contributed by atoms with Crippen LogP contribution in [0.2, 0.25) is 0 Å². The van der Waals surface area contributed by atoms with Gasteiger partial charge in [-0.1, -0.05) is 0 Å². The van der Waals surface area contributed by atoms with E-state index in [2.05, 4.69) is 10.3 Å². The number of carbonyl (C=O) groups excluding carboxylic acids is 1. The van der Waals surface area contributed by atoms with Crippen LogP contribution < -0.4 is 5.32 Å². The van der Waals surface area contributed by atoms with Crippen molar-refractivity contribution in [1.82, 2.24) is 10.3 Å². The number of aryl methyl sites for hydroxylation is 1. The smallest absolute Gasteiger partial charge is 0.408 e. The molecule has 1 atom stereocenters. The summed E-state index contributed by atoms with van der Waals surface area (Å²) in [6, 6.07) is -1.18. The molecule has 2 N–H and O–H groups in total. The molecule has 1 aromatic rings. The number of rotatable bonds is 3. The summed E-state index contributed by atoms with van der Waals surface area (Å²) < 4.78 is 5.01. The van der Waals surface area contributed by atoms with E-state index in [1.165, 1.54) is 11.3 Å². The highest BCUT2D eigenvalue weighted by Gasteiger charge is 2.27. The quantitative estimate of drug-likeness (QED) is 0.879. The largest absolute Gasteiger partial charge is 0.479 e. The highest BCUT2D eigenvalue weighted by molar-refractivity contribution is 7.09. The molecule has 0 bridgehead atoms. The minimum atomic E-state index is -1.18. The second-order valence-corrected chi connectivity index (χ2v) is 5.63. The Morgan fingerprint density at radius 1 is 1.50 bits per heavy atom.